The number of aromatic amines is 2. The van der Waals surface area contributed by atoms with E-state index in [-0.39, 0.29) is 24.3 Å². The number of hydrogen-bond donors (Lipinski definition) is 2. The average molecular weight is 665 g/mol. The highest BCUT2D eigenvalue weighted by atomic mass is 16.6. The van der Waals surface area contributed by atoms with Crippen LogP contribution in [0.2, 0.25) is 0 Å². The molecule has 0 bridgehead atoms. The monoisotopic (exact) mass is 664 g/mol. The lowest BCUT2D eigenvalue weighted by Gasteiger charge is -2.27. The fraction of sp³-hybridized carbons (Fsp3) is 0.436. The number of ether oxygens (including phenoxy) is 2. The van der Waals surface area contributed by atoms with Gasteiger partial charge in [-0.2, -0.15) is 0 Å². The summed E-state index contributed by atoms with van der Waals surface area (Å²) in [6.07, 6.45) is 7.20. The fourth-order valence-corrected chi connectivity index (χ4v) is 6.61. The molecular formula is C39H48N6O4. The maximum absolute atomic E-state index is 13.0. The third-order valence-electron chi connectivity index (χ3n) is 8.83. The molecule has 2 atom stereocenters. The molecule has 4 heterocycles. The van der Waals surface area contributed by atoms with Gasteiger partial charge in [0, 0.05) is 19.5 Å². The summed E-state index contributed by atoms with van der Waals surface area (Å²) in [6, 6.07) is 16.5. The summed E-state index contributed by atoms with van der Waals surface area (Å²) in [6.45, 7) is 16.6. The van der Waals surface area contributed by atoms with Gasteiger partial charge in [0.05, 0.1) is 35.4 Å². The Balaban J connectivity index is 1.16. The van der Waals surface area contributed by atoms with Crippen LogP contribution < -0.4 is 0 Å². The SMILES string of the molecule is C=CCc1nc([C@@H]2CCCN2C(=O)OC(C)(C)C)[nH]c1-c1ccc(-c2ccc(-c3cnc([C@@H]4CCCN4C(=O)OC(C)(C)C)[nH]3)cc2)cc1. The Bertz CT molecular complexity index is 1790. The highest BCUT2D eigenvalue weighted by Crippen LogP contribution is 2.36. The van der Waals surface area contributed by atoms with E-state index in [1.807, 2.05) is 53.8 Å². The number of benzene rings is 2. The average Bonchev–Trinajstić information content (AvgIpc) is 3.86. The molecule has 0 aliphatic carbocycles. The van der Waals surface area contributed by atoms with Crippen molar-refractivity contribution >= 4 is 12.2 Å². The molecule has 2 saturated heterocycles. The van der Waals surface area contributed by atoms with E-state index in [0.29, 0.717) is 19.5 Å². The lowest BCUT2D eigenvalue weighted by Crippen LogP contribution is -2.36. The van der Waals surface area contributed by atoms with Crippen molar-refractivity contribution in [1.29, 1.82) is 0 Å². The van der Waals surface area contributed by atoms with Gasteiger partial charge >= 0.3 is 12.2 Å². The van der Waals surface area contributed by atoms with E-state index >= 15 is 0 Å². The van der Waals surface area contributed by atoms with Crippen molar-refractivity contribution in [3.8, 4) is 33.6 Å². The Morgan fingerprint density at radius 2 is 1.27 bits per heavy atom. The lowest BCUT2D eigenvalue weighted by molar-refractivity contribution is 0.0208. The molecule has 2 aliphatic heterocycles. The van der Waals surface area contributed by atoms with E-state index in [4.69, 9.17) is 14.5 Å². The van der Waals surface area contributed by atoms with Crippen molar-refractivity contribution in [1.82, 2.24) is 29.7 Å². The summed E-state index contributed by atoms with van der Waals surface area (Å²) in [5.41, 5.74) is 5.89. The van der Waals surface area contributed by atoms with E-state index in [1.165, 1.54) is 0 Å². The summed E-state index contributed by atoms with van der Waals surface area (Å²) < 4.78 is 11.3. The minimum atomic E-state index is -0.556. The number of amides is 2. The molecule has 2 aromatic heterocycles. The van der Waals surface area contributed by atoms with Gasteiger partial charge in [0.15, 0.2) is 0 Å². The minimum absolute atomic E-state index is 0.124. The maximum Gasteiger partial charge on any atom is 0.410 e. The number of carbonyl (C=O) groups is 2. The number of likely N-dealkylation sites (tertiary alicyclic amines) is 2. The number of nitrogens with zero attached hydrogens (tertiary/aromatic N) is 4. The number of carbonyl (C=O) groups excluding carboxylic acids is 2. The Morgan fingerprint density at radius 3 is 1.78 bits per heavy atom. The Morgan fingerprint density at radius 1 is 0.776 bits per heavy atom. The zero-order valence-corrected chi connectivity index (χ0v) is 29.5. The highest BCUT2D eigenvalue weighted by Gasteiger charge is 2.36. The van der Waals surface area contributed by atoms with E-state index in [0.717, 1.165) is 76.7 Å². The van der Waals surface area contributed by atoms with Crippen molar-refractivity contribution in [3.63, 3.8) is 0 Å². The summed E-state index contributed by atoms with van der Waals surface area (Å²) in [5.74, 6) is 1.56. The van der Waals surface area contributed by atoms with Gasteiger partial charge in [0.1, 0.15) is 22.9 Å². The number of imidazole rings is 2. The molecule has 0 spiro atoms. The van der Waals surface area contributed by atoms with Gasteiger partial charge in [-0.1, -0.05) is 54.6 Å². The Hall–Kier alpha value is -4.86. The molecule has 2 N–H and O–H groups in total. The van der Waals surface area contributed by atoms with Crippen LogP contribution in [-0.4, -0.2) is 66.2 Å². The largest absolute Gasteiger partial charge is 0.444 e. The van der Waals surface area contributed by atoms with Crippen LogP contribution >= 0.6 is 0 Å². The zero-order chi connectivity index (χ0) is 34.9. The van der Waals surface area contributed by atoms with Crippen LogP contribution in [0.5, 0.6) is 0 Å². The summed E-state index contributed by atoms with van der Waals surface area (Å²) >= 11 is 0. The fourth-order valence-electron chi connectivity index (χ4n) is 6.61. The smallest absolute Gasteiger partial charge is 0.410 e. The quantitative estimate of drug-likeness (QED) is 0.191. The van der Waals surface area contributed by atoms with Crippen LogP contribution in [0, 0.1) is 0 Å². The van der Waals surface area contributed by atoms with Gasteiger partial charge in [0.25, 0.3) is 0 Å². The number of rotatable bonds is 7. The van der Waals surface area contributed by atoms with Crippen LogP contribution in [0.4, 0.5) is 9.59 Å². The first-order valence-corrected chi connectivity index (χ1v) is 17.2. The summed E-state index contributed by atoms with van der Waals surface area (Å²) in [7, 11) is 0. The predicted octanol–water partition coefficient (Wildman–Crippen LogP) is 9.01. The molecule has 2 fully saturated rings. The number of nitrogens with one attached hydrogen (secondary N) is 2. The van der Waals surface area contributed by atoms with Crippen molar-refractivity contribution in [2.45, 2.75) is 96.9 Å². The molecule has 2 amide bonds. The molecule has 2 aliphatic rings. The van der Waals surface area contributed by atoms with E-state index in [9.17, 15) is 9.59 Å². The highest BCUT2D eigenvalue weighted by molar-refractivity contribution is 5.73. The molecule has 2 aromatic carbocycles. The van der Waals surface area contributed by atoms with Crippen molar-refractivity contribution in [2.75, 3.05) is 13.1 Å². The van der Waals surface area contributed by atoms with Crippen LogP contribution in [0.1, 0.15) is 96.7 Å². The Kier molecular flexibility index (Phi) is 9.42. The lowest BCUT2D eigenvalue weighted by atomic mass is 10.0. The number of H-pyrrole nitrogens is 2. The second kappa shape index (κ2) is 13.6. The Labute approximate surface area is 288 Å². The molecular weight excluding hydrogens is 616 g/mol. The standard InChI is InChI=1S/C39H48N6O4/c1-8-11-29-33(43-35(41-29)32-13-10-23-45(32)37(47)49-39(5,6)7)28-20-16-26(17-21-28)25-14-18-27(19-15-25)30-24-40-34(42-30)31-12-9-22-44(31)36(46)48-38(2,3)4/h8,14-21,24,31-32H,1,9-13,22-23H2,2-7H3,(H,40,42)(H,41,43)/t31-,32-/m0/s1. The van der Waals surface area contributed by atoms with Gasteiger partial charge < -0.3 is 19.4 Å². The normalized spacial score (nSPS) is 18.2. The molecule has 49 heavy (non-hydrogen) atoms. The molecule has 0 unspecified atom stereocenters. The summed E-state index contributed by atoms with van der Waals surface area (Å²) in [4.78, 5) is 45.9. The first-order valence-electron chi connectivity index (χ1n) is 17.2. The van der Waals surface area contributed by atoms with Gasteiger partial charge in [-0.15, -0.1) is 6.58 Å². The first kappa shape index (κ1) is 34.0. The topological polar surface area (TPSA) is 116 Å². The minimum Gasteiger partial charge on any atom is -0.444 e. The van der Waals surface area contributed by atoms with Crippen LogP contribution in [0.15, 0.2) is 67.4 Å². The van der Waals surface area contributed by atoms with Crippen molar-refractivity contribution in [2.24, 2.45) is 0 Å². The molecule has 0 radical (unpaired) electrons. The van der Waals surface area contributed by atoms with Crippen LogP contribution in [0.3, 0.4) is 0 Å². The van der Waals surface area contributed by atoms with Gasteiger partial charge in [-0.05, 0) is 89.5 Å². The second-order valence-electron chi connectivity index (χ2n) is 14.9. The van der Waals surface area contributed by atoms with Crippen molar-refractivity contribution in [3.05, 3.63) is 84.7 Å². The van der Waals surface area contributed by atoms with Gasteiger partial charge in [-0.25, -0.2) is 19.6 Å². The summed E-state index contributed by atoms with van der Waals surface area (Å²) in [5, 5.41) is 0. The van der Waals surface area contributed by atoms with Crippen molar-refractivity contribution < 1.29 is 19.1 Å². The molecule has 258 valence electrons. The predicted molar refractivity (Wildman–Crippen MR) is 191 cm³/mol. The zero-order valence-electron chi connectivity index (χ0n) is 29.5. The third-order valence-corrected chi connectivity index (χ3v) is 8.83. The van der Waals surface area contributed by atoms with Crippen LogP contribution in [0.25, 0.3) is 33.6 Å². The number of hydrogen-bond acceptors (Lipinski definition) is 6. The molecule has 6 rings (SSSR count). The third kappa shape index (κ3) is 7.74. The molecule has 10 heteroatoms. The second-order valence-corrected chi connectivity index (χ2v) is 14.9. The molecule has 4 aromatic rings. The van der Waals surface area contributed by atoms with Gasteiger partial charge in [0.2, 0.25) is 0 Å². The van der Waals surface area contributed by atoms with E-state index in [2.05, 4.69) is 70.1 Å². The number of allylic oxidation sites excluding steroid dienone is 1. The number of aromatic nitrogens is 4. The van der Waals surface area contributed by atoms with E-state index < -0.39 is 11.2 Å². The van der Waals surface area contributed by atoms with Gasteiger partial charge in [-0.3, -0.25) is 9.80 Å². The first-order chi connectivity index (χ1) is 23.3. The maximum atomic E-state index is 13.0. The molecule has 10 nitrogen and oxygen atoms in total. The van der Waals surface area contributed by atoms with E-state index in [1.54, 1.807) is 9.80 Å². The molecule has 0 saturated carbocycles. The van der Waals surface area contributed by atoms with Crippen LogP contribution in [-0.2, 0) is 15.9 Å².